The molecule has 106 valence electrons. The number of pyridine rings is 1. The molecular formula is C15H21N5. The molecule has 0 bridgehead atoms. The molecule has 2 aromatic heterocycles. The summed E-state index contributed by atoms with van der Waals surface area (Å²) in [7, 11) is 2.20. The fraction of sp³-hybridized carbons (Fsp3) is 0.467. The number of aromatic nitrogens is 3. The second-order valence-electron chi connectivity index (χ2n) is 5.50. The van der Waals surface area contributed by atoms with Gasteiger partial charge in [-0.15, -0.1) is 0 Å². The molecule has 0 atom stereocenters. The van der Waals surface area contributed by atoms with Crippen LogP contribution < -0.4 is 5.32 Å². The molecule has 20 heavy (non-hydrogen) atoms. The molecule has 1 aliphatic heterocycles. The van der Waals surface area contributed by atoms with Crippen molar-refractivity contribution in [1.82, 2.24) is 19.4 Å². The van der Waals surface area contributed by atoms with Gasteiger partial charge in [0.1, 0.15) is 12.1 Å². The molecule has 3 rings (SSSR count). The minimum absolute atomic E-state index is 0.777. The van der Waals surface area contributed by atoms with E-state index < -0.39 is 0 Å². The largest absolute Gasteiger partial charge is 0.384 e. The number of hydrogen-bond donors (Lipinski definition) is 1. The highest BCUT2D eigenvalue weighted by Gasteiger charge is 2.16. The van der Waals surface area contributed by atoms with Crippen LogP contribution in [-0.2, 0) is 0 Å². The summed E-state index contributed by atoms with van der Waals surface area (Å²) in [6.07, 6.45) is 9.87. The smallest absolute Gasteiger partial charge is 0.137 e. The number of hydrogen-bond acceptors (Lipinski definition) is 4. The van der Waals surface area contributed by atoms with Gasteiger partial charge in [0, 0.05) is 18.9 Å². The molecule has 1 aliphatic rings. The lowest BCUT2D eigenvalue weighted by atomic mass is 9.97. The van der Waals surface area contributed by atoms with Gasteiger partial charge in [0.15, 0.2) is 0 Å². The zero-order chi connectivity index (χ0) is 13.8. The van der Waals surface area contributed by atoms with E-state index >= 15 is 0 Å². The van der Waals surface area contributed by atoms with Crippen molar-refractivity contribution in [2.75, 3.05) is 32.0 Å². The Kier molecular flexibility index (Phi) is 3.97. The molecule has 0 aliphatic carbocycles. The van der Waals surface area contributed by atoms with Gasteiger partial charge >= 0.3 is 0 Å². The van der Waals surface area contributed by atoms with Gasteiger partial charge in [0.25, 0.3) is 0 Å². The topological polar surface area (TPSA) is 46.0 Å². The van der Waals surface area contributed by atoms with E-state index in [0.29, 0.717) is 0 Å². The van der Waals surface area contributed by atoms with Crippen molar-refractivity contribution in [1.29, 1.82) is 0 Å². The Labute approximate surface area is 119 Å². The predicted octanol–water partition coefficient (Wildman–Crippen LogP) is 2.02. The molecule has 0 amide bonds. The molecule has 5 nitrogen and oxygen atoms in total. The molecule has 1 saturated heterocycles. The van der Waals surface area contributed by atoms with Crippen LogP contribution in [0.2, 0.25) is 0 Å². The van der Waals surface area contributed by atoms with Crippen LogP contribution in [0.3, 0.4) is 0 Å². The Morgan fingerprint density at radius 1 is 1.30 bits per heavy atom. The lowest BCUT2D eigenvalue weighted by molar-refractivity contribution is 0.226. The van der Waals surface area contributed by atoms with Crippen molar-refractivity contribution in [2.24, 2.45) is 5.92 Å². The summed E-state index contributed by atoms with van der Waals surface area (Å²) in [5.41, 5.74) is 1.09. The Bertz CT molecular complexity index is 512. The molecule has 5 heteroatoms. The zero-order valence-electron chi connectivity index (χ0n) is 11.9. The van der Waals surface area contributed by atoms with E-state index in [1.165, 1.54) is 25.9 Å². The summed E-state index contributed by atoms with van der Waals surface area (Å²) >= 11 is 0. The Hall–Kier alpha value is -1.88. The van der Waals surface area contributed by atoms with Gasteiger partial charge in [-0.25, -0.2) is 9.97 Å². The Morgan fingerprint density at radius 2 is 2.15 bits per heavy atom. The van der Waals surface area contributed by atoms with Crippen LogP contribution in [-0.4, -0.2) is 46.1 Å². The second kappa shape index (κ2) is 6.05. The maximum absolute atomic E-state index is 4.45. The van der Waals surface area contributed by atoms with Gasteiger partial charge < -0.3 is 10.2 Å². The quantitative estimate of drug-likeness (QED) is 0.924. The first kappa shape index (κ1) is 13.1. The van der Waals surface area contributed by atoms with E-state index in [4.69, 9.17) is 0 Å². The summed E-state index contributed by atoms with van der Waals surface area (Å²) in [4.78, 5) is 10.9. The summed E-state index contributed by atoms with van der Waals surface area (Å²) in [6.45, 7) is 3.47. The molecule has 0 spiro atoms. The average Bonchev–Trinajstić information content (AvgIpc) is 3.01. The van der Waals surface area contributed by atoms with Crippen LogP contribution >= 0.6 is 0 Å². The van der Waals surface area contributed by atoms with Crippen LogP contribution in [0.25, 0.3) is 5.82 Å². The molecule has 0 saturated carbocycles. The first-order valence-electron chi connectivity index (χ1n) is 7.18. The lowest BCUT2D eigenvalue weighted by Crippen LogP contribution is -2.32. The number of likely N-dealkylation sites (tertiary alicyclic amines) is 1. The van der Waals surface area contributed by atoms with Gasteiger partial charge in [-0.3, -0.25) is 4.57 Å². The van der Waals surface area contributed by atoms with Crippen molar-refractivity contribution >= 4 is 5.69 Å². The lowest BCUT2D eigenvalue weighted by Gasteiger charge is -2.29. The maximum atomic E-state index is 4.45. The van der Waals surface area contributed by atoms with Gasteiger partial charge in [-0.05, 0) is 51.0 Å². The minimum Gasteiger partial charge on any atom is -0.384 e. The normalized spacial score (nSPS) is 17.2. The third-order valence-corrected chi connectivity index (χ3v) is 3.95. The van der Waals surface area contributed by atoms with E-state index in [0.717, 1.165) is 24.0 Å². The first-order chi connectivity index (χ1) is 9.81. The molecule has 1 fully saturated rings. The monoisotopic (exact) mass is 271 g/mol. The number of nitrogens with zero attached hydrogens (tertiary/aromatic N) is 4. The summed E-state index contributed by atoms with van der Waals surface area (Å²) < 4.78 is 1.90. The van der Waals surface area contributed by atoms with Crippen molar-refractivity contribution in [2.45, 2.75) is 12.8 Å². The summed E-state index contributed by atoms with van der Waals surface area (Å²) in [5, 5.41) is 3.50. The fourth-order valence-corrected chi connectivity index (χ4v) is 2.57. The standard InChI is InChI=1S/C15H21N5/c1-19-7-4-13(5-8-19)10-17-14-2-3-15(18-11-14)20-9-6-16-12-20/h2-3,6,9,11-13,17H,4-5,7-8,10H2,1H3. The van der Waals surface area contributed by atoms with Crippen molar-refractivity contribution in [3.63, 3.8) is 0 Å². The van der Waals surface area contributed by atoms with E-state index in [9.17, 15) is 0 Å². The Morgan fingerprint density at radius 3 is 2.80 bits per heavy atom. The van der Waals surface area contributed by atoms with Crippen molar-refractivity contribution in [3.05, 3.63) is 37.1 Å². The Balaban J connectivity index is 1.53. The SMILES string of the molecule is CN1CCC(CNc2ccc(-n3ccnc3)nc2)CC1. The average molecular weight is 271 g/mol. The molecule has 0 aromatic carbocycles. The van der Waals surface area contributed by atoms with Gasteiger partial charge in [-0.2, -0.15) is 0 Å². The van der Waals surface area contributed by atoms with Gasteiger partial charge in [0.05, 0.1) is 11.9 Å². The van der Waals surface area contributed by atoms with E-state index in [1.54, 1.807) is 12.5 Å². The first-order valence-corrected chi connectivity index (χ1v) is 7.18. The van der Waals surface area contributed by atoms with Crippen LogP contribution in [0.1, 0.15) is 12.8 Å². The van der Waals surface area contributed by atoms with E-state index in [1.807, 2.05) is 23.0 Å². The number of piperidine rings is 1. The van der Waals surface area contributed by atoms with Crippen LogP contribution in [0.5, 0.6) is 0 Å². The molecule has 2 aromatic rings. The van der Waals surface area contributed by atoms with Crippen LogP contribution in [0, 0.1) is 5.92 Å². The molecular weight excluding hydrogens is 250 g/mol. The van der Waals surface area contributed by atoms with Crippen LogP contribution in [0.15, 0.2) is 37.1 Å². The maximum Gasteiger partial charge on any atom is 0.137 e. The third-order valence-electron chi connectivity index (χ3n) is 3.95. The number of rotatable bonds is 4. The minimum atomic E-state index is 0.777. The number of nitrogens with one attached hydrogen (secondary N) is 1. The number of anilines is 1. The van der Waals surface area contributed by atoms with Gasteiger partial charge in [0.2, 0.25) is 0 Å². The summed E-state index contributed by atoms with van der Waals surface area (Å²) in [6, 6.07) is 4.09. The molecule has 1 N–H and O–H groups in total. The van der Waals surface area contributed by atoms with Crippen LogP contribution in [0.4, 0.5) is 5.69 Å². The second-order valence-corrected chi connectivity index (χ2v) is 5.50. The number of imidazole rings is 1. The molecule has 0 unspecified atom stereocenters. The molecule has 3 heterocycles. The van der Waals surface area contributed by atoms with E-state index in [-0.39, 0.29) is 0 Å². The highest BCUT2D eigenvalue weighted by Crippen LogP contribution is 2.17. The highest BCUT2D eigenvalue weighted by molar-refractivity contribution is 5.43. The molecule has 0 radical (unpaired) electrons. The highest BCUT2D eigenvalue weighted by atomic mass is 15.1. The fourth-order valence-electron chi connectivity index (χ4n) is 2.57. The third kappa shape index (κ3) is 3.17. The summed E-state index contributed by atoms with van der Waals surface area (Å²) in [5.74, 6) is 1.67. The van der Waals surface area contributed by atoms with Crippen molar-refractivity contribution in [3.8, 4) is 5.82 Å². The predicted molar refractivity (Wildman–Crippen MR) is 80.1 cm³/mol. The van der Waals surface area contributed by atoms with Crippen molar-refractivity contribution < 1.29 is 0 Å². The van der Waals surface area contributed by atoms with Gasteiger partial charge in [-0.1, -0.05) is 0 Å². The zero-order valence-corrected chi connectivity index (χ0v) is 11.9. The van der Waals surface area contributed by atoms with E-state index in [2.05, 4.69) is 33.3 Å².